The first-order valence-electron chi connectivity index (χ1n) is 2.59. The Hall–Kier alpha value is -0.780. The van der Waals surface area contributed by atoms with Gasteiger partial charge in [-0.25, -0.2) is 0 Å². The molecule has 0 atom stereocenters. The molecule has 0 aliphatic carbocycles. The summed E-state index contributed by atoms with van der Waals surface area (Å²) in [6.45, 7) is 9.15. The molecule has 0 spiro atoms. The van der Waals surface area contributed by atoms with Gasteiger partial charge in [0, 0.05) is 5.92 Å². The zero-order valence-electron chi connectivity index (χ0n) is 5.22. The molecule has 0 bridgehead atoms. The van der Waals surface area contributed by atoms with Crippen molar-refractivity contribution in [3.63, 3.8) is 0 Å². The highest BCUT2D eigenvalue weighted by Crippen LogP contribution is 2.02. The van der Waals surface area contributed by atoms with Crippen molar-refractivity contribution >= 4 is 0 Å². The van der Waals surface area contributed by atoms with E-state index in [0.717, 1.165) is 5.92 Å². The van der Waals surface area contributed by atoms with Gasteiger partial charge in [-0.1, -0.05) is 24.3 Å². The Morgan fingerprint density at radius 1 is 1.25 bits per heavy atom. The lowest BCUT2D eigenvalue weighted by atomic mass is 10.1. The van der Waals surface area contributed by atoms with E-state index in [-0.39, 0.29) is 0 Å². The van der Waals surface area contributed by atoms with Gasteiger partial charge in [-0.05, 0) is 6.92 Å². The molecule has 0 nitrogen and oxygen atoms in total. The predicted molar refractivity (Wildman–Crippen MR) is 38.5 cm³/mol. The van der Waals surface area contributed by atoms with E-state index in [2.05, 4.69) is 13.2 Å². The molecular weight excluding hydrogens is 96.1 g/mol. The highest BCUT2D eigenvalue weighted by atomic mass is 13.9. The number of hydrogen-bond donors (Lipinski definition) is 0. The van der Waals surface area contributed by atoms with Gasteiger partial charge in [0.05, 0.1) is 0 Å². The van der Waals surface area contributed by atoms with Crippen molar-refractivity contribution in [2.45, 2.75) is 6.92 Å². The van der Waals surface area contributed by atoms with Gasteiger partial charge < -0.3 is 0 Å². The summed E-state index contributed by atoms with van der Waals surface area (Å²) < 4.78 is 0. The lowest BCUT2D eigenvalue weighted by Gasteiger charge is -1.92. The number of rotatable bonds is 3. The third-order valence-electron chi connectivity index (χ3n) is 0.831. The smallest absolute Gasteiger partial charge is 0.0397 e. The molecule has 0 fully saturated rings. The third-order valence-corrected chi connectivity index (χ3v) is 0.831. The lowest BCUT2D eigenvalue weighted by Crippen LogP contribution is -1.76. The summed E-state index contributed by atoms with van der Waals surface area (Å²) in [7, 11) is 0. The van der Waals surface area contributed by atoms with Crippen LogP contribution in [-0.4, -0.2) is 0 Å². The minimum atomic E-state index is 1.06. The van der Waals surface area contributed by atoms with Gasteiger partial charge in [-0.2, -0.15) is 0 Å². The second-order valence-corrected chi connectivity index (χ2v) is 1.41. The molecule has 0 heteroatoms. The van der Waals surface area contributed by atoms with Gasteiger partial charge in [0.1, 0.15) is 0 Å². The van der Waals surface area contributed by atoms with Gasteiger partial charge in [-0.15, -0.1) is 13.2 Å². The van der Waals surface area contributed by atoms with Crippen molar-refractivity contribution in [3.05, 3.63) is 43.4 Å². The van der Waals surface area contributed by atoms with Crippen molar-refractivity contribution < 1.29 is 0 Å². The van der Waals surface area contributed by atoms with Crippen molar-refractivity contribution in [1.29, 1.82) is 0 Å². The molecule has 0 N–H and O–H groups in total. The summed E-state index contributed by atoms with van der Waals surface area (Å²) in [4.78, 5) is 0. The van der Waals surface area contributed by atoms with Gasteiger partial charge in [0.2, 0.25) is 0 Å². The van der Waals surface area contributed by atoms with Crippen LogP contribution in [0, 0.1) is 5.92 Å². The largest absolute Gasteiger partial charge is 0.102 e. The van der Waals surface area contributed by atoms with E-state index in [1.807, 2.05) is 19.1 Å². The molecule has 1 radical (unpaired) electrons. The first-order chi connectivity index (χ1) is 3.85. The van der Waals surface area contributed by atoms with Crippen molar-refractivity contribution in [2.24, 2.45) is 0 Å². The van der Waals surface area contributed by atoms with E-state index < -0.39 is 0 Å². The fraction of sp³-hybridized carbons (Fsp3) is 0.125. The van der Waals surface area contributed by atoms with Crippen LogP contribution in [0.3, 0.4) is 0 Å². The van der Waals surface area contributed by atoms with Crippen LogP contribution in [-0.2, 0) is 0 Å². The Morgan fingerprint density at radius 2 is 1.75 bits per heavy atom. The van der Waals surface area contributed by atoms with Crippen molar-refractivity contribution in [2.75, 3.05) is 0 Å². The molecule has 0 aromatic carbocycles. The normalized spacial score (nSPS) is 10.2. The summed E-state index contributed by atoms with van der Waals surface area (Å²) in [5.41, 5.74) is 0. The SMILES string of the molecule is C=C[C](C=C)C=CC. The maximum absolute atomic E-state index is 3.59. The van der Waals surface area contributed by atoms with E-state index in [1.54, 1.807) is 12.2 Å². The summed E-state index contributed by atoms with van der Waals surface area (Å²) in [6.07, 6.45) is 7.46. The molecule has 0 heterocycles. The Bertz CT molecular complexity index is 90.6. The monoisotopic (exact) mass is 107 g/mol. The van der Waals surface area contributed by atoms with Gasteiger partial charge >= 0.3 is 0 Å². The van der Waals surface area contributed by atoms with E-state index >= 15 is 0 Å². The van der Waals surface area contributed by atoms with Crippen LogP contribution in [0.2, 0.25) is 0 Å². The molecule has 0 aromatic rings. The van der Waals surface area contributed by atoms with Crippen LogP contribution >= 0.6 is 0 Å². The van der Waals surface area contributed by atoms with E-state index in [4.69, 9.17) is 0 Å². The second-order valence-electron chi connectivity index (χ2n) is 1.41. The molecule has 0 unspecified atom stereocenters. The minimum absolute atomic E-state index is 1.06. The molecule has 0 aromatic heterocycles. The first kappa shape index (κ1) is 7.22. The van der Waals surface area contributed by atoms with E-state index in [1.165, 1.54) is 0 Å². The van der Waals surface area contributed by atoms with Crippen LogP contribution in [0.1, 0.15) is 6.92 Å². The Morgan fingerprint density at radius 3 is 1.88 bits per heavy atom. The molecule has 0 aliphatic rings. The zero-order chi connectivity index (χ0) is 6.41. The van der Waals surface area contributed by atoms with Gasteiger partial charge in [0.15, 0.2) is 0 Å². The Kier molecular flexibility index (Phi) is 3.95. The highest BCUT2D eigenvalue weighted by molar-refractivity contribution is 5.29. The average Bonchev–Trinajstić information content (AvgIpc) is 1.83. The standard InChI is InChI=1S/C8H11/c1-4-7-8(5-2)6-3/h4-7H,2-3H2,1H3. The summed E-state index contributed by atoms with van der Waals surface area (Å²) >= 11 is 0. The minimum Gasteiger partial charge on any atom is -0.102 e. The molecule has 8 heavy (non-hydrogen) atoms. The van der Waals surface area contributed by atoms with Crippen LogP contribution in [0.4, 0.5) is 0 Å². The molecule has 0 aliphatic heterocycles. The van der Waals surface area contributed by atoms with Gasteiger partial charge in [0.25, 0.3) is 0 Å². The van der Waals surface area contributed by atoms with Crippen molar-refractivity contribution in [1.82, 2.24) is 0 Å². The summed E-state index contributed by atoms with van der Waals surface area (Å²) in [5.74, 6) is 1.06. The highest BCUT2D eigenvalue weighted by Gasteiger charge is 1.86. The first-order valence-corrected chi connectivity index (χ1v) is 2.59. The maximum atomic E-state index is 3.59. The molecule has 43 valence electrons. The van der Waals surface area contributed by atoms with Crippen LogP contribution in [0.15, 0.2) is 37.5 Å². The second kappa shape index (κ2) is 4.38. The molecular formula is C8H11. The number of allylic oxidation sites excluding steroid dienone is 4. The van der Waals surface area contributed by atoms with E-state index in [0.29, 0.717) is 0 Å². The zero-order valence-corrected chi connectivity index (χ0v) is 5.22. The Labute approximate surface area is 51.2 Å². The van der Waals surface area contributed by atoms with Gasteiger partial charge in [-0.3, -0.25) is 0 Å². The van der Waals surface area contributed by atoms with Crippen LogP contribution < -0.4 is 0 Å². The molecule has 0 saturated heterocycles. The van der Waals surface area contributed by atoms with Crippen LogP contribution in [0.5, 0.6) is 0 Å². The number of hydrogen-bond acceptors (Lipinski definition) is 0. The summed E-state index contributed by atoms with van der Waals surface area (Å²) in [6, 6.07) is 0. The maximum Gasteiger partial charge on any atom is 0.0397 e. The average molecular weight is 107 g/mol. The summed E-state index contributed by atoms with van der Waals surface area (Å²) in [5, 5.41) is 0. The lowest BCUT2D eigenvalue weighted by molar-refractivity contribution is 1.48. The fourth-order valence-corrected chi connectivity index (χ4v) is 0.412. The van der Waals surface area contributed by atoms with Crippen molar-refractivity contribution in [3.8, 4) is 0 Å². The Balaban J connectivity index is 3.69. The third kappa shape index (κ3) is 2.40. The molecule has 0 amide bonds. The quantitative estimate of drug-likeness (QED) is 0.519. The predicted octanol–water partition coefficient (Wildman–Crippen LogP) is 2.51. The van der Waals surface area contributed by atoms with Crippen LogP contribution in [0.25, 0.3) is 0 Å². The molecule has 0 saturated carbocycles. The van der Waals surface area contributed by atoms with E-state index in [9.17, 15) is 0 Å². The topological polar surface area (TPSA) is 0 Å². The molecule has 0 rings (SSSR count). The fourth-order valence-electron chi connectivity index (χ4n) is 0.412.